The number of fused-ring (bicyclic) bond motifs is 2. The molecule has 0 unspecified atom stereocenters. The molecule has 4 aromatic rings. The molecule has 0 spiro atoms. The van der Waals surface area contributed by atoms with Crippen molar-refractivity contribution in [1.29, 1.82) is 0 Å². The molecule has 0 saturated carbocycles. The van der Waals surface area contributed by atoms with E-state index < -0.39 is 0 Å². The van der Waals surface area contributed by atoms with Crippen molar-refractivity contribution in [3.05, 3.63) is 83.6 Å². The van der Waals surface area contributed by atoms with E-state index in [9.17, 15) is 9.90 Å². The van der Waals surface area contributed by atoms with Crippen LogP contribution in [0, 0.1) is 0 Å². The van der Waals surface area contributed by atoms with Gasteiger partial charge in [0.15, 0.2) is 0 Å². The molecule has 8 heteroatoms. The van der Waals surface area contributed by atoms with Crippen LogP contribution in [-0.2, 0) is 11.2 Å². The SMILES string of the molecule is COc1ccc([C@@H]2C/C(=N\NC(=O)Cc3c[nH]c4ccccc34)c3c(O)cc(OC)cc3O2)cc1. The number of aromatic hydroxyl groups is 1. The lowest BCUT2D eigenvalue weighted by atomic mass is 9.94. The Labute approximate surface area is 202 Å². The van der Waals surface area contributed by atoms with E-state index in [1.807, 2.05) is 54.7 Å². The molecule has 0 fully saturated rings. The van der Waals surface area contributed by atoms with Crippen LogP contribution < -0.4 is 19.6 Å². The van der Waals surface area contributed by atoms with Gasteiger partial charge in [-0.2, -0.15) is 5.10 Å². The fourth-order valence-corrected chi connectivity index (χ4v) is 4.28. The minimum absolute atomic E-state index is 0.0304. The van der Waals surface area contributed by atoms with Gasteiger partial charge in [0.2, 0.25) is 5.91 Å². The van der Waals surface area contributed by atoms with Crippen molar-refractivity contribution in [1.82, 2.24) is 10.4 Å². The summed E-state index contributed by atoms with van der Waals surface area (Å²) < 4.78 is 16.7. The van der Waals surface area contributed by atoms with Gasteiger partial charge in [-0.1, -0.05) is 30.3 Å². The number of phenols is 1. The zero-order valence-corrected chi connectivity index (χ0v) is 19.4. The zero-order chi connectivity index (χ0) is 24.4. The number of amides is 1. The van der Waals surface area contributed by atoms with Gasteiger partial charge in [-0.05, 0) is 29.3 Å². The van der Waals surface area contributed by atoms with Gasteiger partial charge in [-0.3, -0.25) is 4.79 Å². The van der Waals surface area contributed by atoms with E-state index in [2.05, 4.69) is 15.5 Å². The number of hydrogen-bond donors (Lipinski definition) is 3. The lowest BCUT2D eigenvalue weighted by Gasteiger charge is -2.28. The summed E-state index contributed by atoms with van der Waals surface area (Å²) in [6.45, 7) is 0. The lowest BCUT2D eigenvalue weighted by Crippen LogP contribution is -2.26. The number of rotatable bonds is 6. The zero-order valence-electron chi connectivity index (χ0n) is 19.4. The molecule has 3 N–H and O–H groups in total. The molecular weight excluding hydrogens is 446 g/mol. The number of ether oxygens (including phenoxy) is 3. The Kier molecular flexibility index (Phi) is 6.01. The van der Waals surface area contributed by atoms with Crippen LogP contribution in [-0.4, -0.2) is 35.9 Å². The minimum atomic E-state index is -0.371. The Hall–Kier alpha value is -4.46. The first-order valence-electron chi connectivity index (χ1n) is 11.2. The molecule has 2 heterocycles. The van der Waals surface area contributed by atoms with Gasteiger partial charge in [-0.25, -0.2) is 5.43 Å². The van der Waals surface area contributed by atoms with Gasteiger partial charge in [0, 0.05) is 35.7 Å². The number of aromatic nitrogens is 1. The Balaban J connectivity index is 1.43. The number of phenolic OH excluding ortho intramolecular Hbond substituents is 1. The number of hydrogen-bond acceptors (Lipinski definition) is 6. The fourth-order valence-electron chi connectivity index (χ4n) is 4.28. The van der Waals surface area contributed by atoms with Gasteiger partial charge in [0.05, 0.1) is 31.9 Å². The second-order valence-electron chi connectivity index (χ2n) is 8.23. The van der Waals surface area contributed by atoms with E-state index in [1.54, 1.807) is 13.2 Å². The Morgan fingerprint density at radius 1 is 1.11 bits per heavy atom. The topological polar surface area (TPSA) is 105 Å². The van der Waals surface area contributed by atoms with Gasteiger partial charge in [0.25, 0.3) is 0 Å². The summed E-state index contributed by atoms with van der Waals surface area (Å²) in [4.78, 5) is 15.9. The molecule has 1 aromatic heterocycles. The molecular formula is C27H25N3O5. The molecule has 0 saturated heterocycles. The quantitative estimate of drug-likeness (QED) is 0.360. The molecule has 0 bridgehead atoms. The van der Waals surface area contributed by atoms with Crippen molar-refractivity contribution in [3.8, 4) is 23.0 Å². The normalized spacial score (nSPS) is 15.9. The predicted octanol–water partition coefficient (Wildman–Crippen LogP) is 4.48. The number of nitrogens with zero attached hydrogens (tertiary/aromatic N) is 1. The first-order valence-corrected chi connectivity index (χ1v) is 11.2. The Bertz CT molecular complexity index is 1410. The molecule has 0 aliphatic carbocycles. The summed E-state index contributed by atoms with van der Waals surface area (Å²) >= 11 is 0. The van der Waals surface area contributed by atoms with Crippen LogP contribution in [0.15, 0.2) is 72.0 Å². The average molecular weight is 472 g/mol. The molecule has 3 aromatic carbocycles. The largest absolute Gasteiger partial charge is 0.507 e. The monoisotopic (exact) mass is 471 g/mol. The highest BCUT2D eigenvalue weighted by molar-refractivity contribution is 6.07. The maximum atomic E-state index is 12.8. The lowest BCUT2D eigenvalue weighted by molar-refractivity contribution is -0.120. The van der Waals surface area contributed by atoms with Gasteiger partial charge < -0.3 is 24.3 Å². The summed E-state index contributed by atoms with van der Waals surface area (Å²) in [5.41, 5.74) is 6.38. The van der Waals surface area contributed by atoms with Crippen molar-refractivity contribution < 1.29 is 24.1 Å². The third kappa shape index (κ3) is 4.50. The van der Waals surface area contributed by atoms with Crippen LogP contribution in [0.3, 0.4) is 0 Å². The predicted molar refractivity (Wildman–Crippen MR) is 132 cm³/mol. The van der Waals surface area contributed by atoms with Gasteiger partial charge >= 0.3 is 0 Å². The molecule has 1 atom stereocenters. The van der Waals surface area contributed by atoms with Crippen molar-refractivity contribution in [3.63, 3.8) is 0 Å². The Morgan fingerprint density at radius 2 is 1.89 bits per heavy atom. The number of benzene rings is 3. The second kappa shape index (κ2) is 9.42. The third-order valence-corrected chi connectivity index (χ3v) is 6.06. The number of para-hydroxylation sites is 1. The molecule has 1 aliphatic heterocycles. The van der Waals surface area contributed by atoms with E-state index in [1.165, 1.54) is 13.2 Å². The maximum absolute atomic E-state index is 12.8. The number of carbonyl (C=O) groups is 1. The highest BCUT2D eigenvalue weighted by atomic mass is 16.5. The molecule has 5 rings (SSSR count). The van der Waals surface area contributed by atoms with E-state index in [4.69, 9.17) is 14.2 Å². The molecule has 178 valence electrons. The van der Waals surface area contributed by atoms with E-state index in [0.29, 0.717) is 29.2 Å². The average Bonchev–Trinajstić information content (AvgIpc) is 3.29. The van der Waals surface area contributed by atoms with E-state index in [-0.39, 0.29) is 24.2 Å². The number of nitrogens with one attached hydrogen (secondary N) is 2. The molecule has 1 amide bonds. The fraction of sp³-hybridized carbons (Fsp3) is 0.185. The smallest absolute Gasteiger partial charge is 0.244 e. The van der Waals surface area contributed by atoms with Crippen molar-refractivity contribution >= 4 is 22.5 Å². The van der Waals surface area contributed by atoms with Crippen LogP contribution in [0.1, 0.15) is 29.2 Å². The van der Waals surface area contributed by atoms with Crippen molar-refractivity contribution in [2.24, 2.45) is 5.10 Å². The molecule has 1 aliphatic rings. The van der Waals surface area contributed by atoms with Crippen LogP contribution in [0.2, 0.25) is 0 Å². The van der Waals surface area contributed by atoms with E-state index >= 15 is 0 Å². The van der Waals surface area contributed by atoms with Crippen LogP contribution in [0.4, 0.5) is 0 Å². The summed E-state index contributed by atoms with van der Waals surface area (Å²) in [5, 5.41) is 16.1. The molecule has 35 heavy (non-hydrogen) atoms. The summed E-state index contributed by atoms with van der Waals surface area (Å²) in [6.07, 6.45) is 1.98. The third-order valence-electron chi connectivity index (χ3n) is 6.06. The Morgan fingerprint density at radius 3 is 2.66 bits per heavy atom. The highest BCUT2D eigenvalue weighted by Crippen LogP contribution is 2.42. The van der Waals surface area contributed by atoms with Crippen molar-refractivity contribution in [2.45, 2.75) is 18.9 Å². The summed E-state index contributed by atoms with van der Waals surface area (Å²) in [6, 6.07) is 18.6. The standard InChI is InChI=1S/C27H25N3O5/c1-33-18-9-7-16(8-10-18)24-14-22(27-23(31)12-19(34-2)13-25(27)35-24)29-30-26(32)11-17-15-28-21-6-4-3-5-20(17)21/h3-10,12-13,15,24,28,31H,11,14H2,1-2H3,(H,30,32)/b29-22+/t24-/m0/s1. The first kappa shape index (κ1) is 22.3. The van der Waals surface area contributed by atoms with E-state index in [0.717, 1.165) is 27.8 Å². The number of hydrazone groups is 1. The van der Waals surface area contributed by atoms with Gasteiger partial charge in [-0.15, -0.1) is 0 Å². The van der Waals surface area contributed by atoms with Gasteiger partial charge in [0.1, 0.15) is 29.1 Å². The van der Waals surface area contributed by atoms with Crippen molar-refractivity contribution in [2.75, 3.05) is 14.2 Å². The summed E-state index contributed by atoms with van der Waals surface area (Å²) in [7, 11) is 3.13. The number of aromatic amines is 1. The molecule has 8 nitrogen and oxygen atoms in total. The second-order valence-corrected chi connectivity index (χ2v) is 8.23. The number of methoxy groups -OCH3 is 2. The summed E-state index contributed by atoms with van der Waals surface area (Å²) in [5.74, 6) is 1.34. The van der Waals surface area contributed by atoms with Crippen LogP contribution in [0.25, 0.3) is 10.9 Å². The van der Waals surface area contributed by atoms with Crippen LogP contribution >= 0.6 is 0 Å². The minimum Gasteiger partial charge on any atom is -0.507 e. The number of H-pyrrole nitrogens is 1. The first-order chi connectivity index (χ1) is 17.1. The highest BCUT2D eigenvalue weighted by Gasteiger charge is 2.30. The maximum Gasteiger partial charge on any atom is 0.244 e. The van der Waals surface area contributed by atoms with Crippen LogP contribution in [0.5, 0.6) is 23.0 Å². The molecule has 0 radical (unpaired) electrons. The number of carbonyl (C=O) groups excluding carboxylic acids is 1.